The van der Waals surface area contributed by atoms with Gasteiger partial charge in [-0.25, -0.2) is 4.79 Å². The molecule has 0 aromatic heterocycles. The number of allylic oxidation sites excluding steroid dienone is 1. The third-order valence-electron chi connectivity index (χ3n) is 6.78. The molecule has 184 valence electrons. The highest BCUT2D eigenvalue weighted by molar-refractivity contribution is 5.86. The first-order valence-electron chi connectivity index (χ1n) is 12.1. The lowest BCUT2D eigenvalue weighted by Gasteiger charge is -2.33. The lowest BCUT2D eigenvalue weighted by Crippen LogP contribution is -2.52. The molecule has 2 amide bonds. The summed E-state index contributed by atoms with van der Waals surface area (Å²) in [5.41, 5.74) is 5.55. The first kappa shape index (κ1) is 24.5. The van der Waals surface area contributed by atoms with E-state index in [9.17, 15) is 19.5 Å². The van der Waals surface area contributed by atoms with Crippen LogP contribution in [0.2, 0.25) is 0 Å². The number of alkyl carbamates (subject to hydrolysis) is 1. The smallest absolute Gasteiger partial charge is 0.407 e. The fraction of sp³-hybridized carbons (Fsp3) is 0.393. The van der Waals surface area contributed by atoms with E-state index in [0.717, 1.165) is 27.8 Å². The second kappa shape index (κ2) is 10.8. The molecule has 2 aromatic rings. The second-order valence-corrected chi connectivity index (χ2v) is 9.50. The number of nitrogens with one attached hydrogen (secondary N) is 1. The minimum Gasteiger partial charge on any atom is -0.481 e. The van der Waals surface area contributed by atoms with Gasteiger partial charge >= 0.3 is 12.1 Å². The number of likely N-dealkylation sites (tertiary alicyclic amines) is 1. The second-order valence-electron chi connectivity index (χ2n) is 9.50. The van der Waals surface area contributed by atoms with Crippen LogP contribution in [0.5, 0.6) is 0 Å². The zero-order valence-corrected chi connectivity index (χ0v) is 20.2. The van der Waals surface area contributed by atoms with Gasteiger partial charge in [0.05, 0.1) is 5.92 Å². The monoisotopic (exact) mass is 476 g/mol. The average Bonchev–Trinajstić information content (AvgIpc) is 3.18. The normalized spacial score (nSPS) is 17.7. The summed E-state index contributed by atoms with van der Waals surface area (Å²) >= 11 is 0. The number of carboxylic acids is 1. The molecule has 0 spiro atoms. The third-order valence-corrected chi connectivity index (χ3v) is 6.78. The van der Waals surface area contributed by atoms with Gasteiger partial charge in [-0.1, -0.05) is 60.2 Å². The van der Waals surface area contributed by atoms with E-state index in [0.29, 0.717) is 25.8 Å². The van der Waals surface area contributed by atoms with Crippen LogP contribution in [0.15, 0.2) is 60.2 Å². The Morgan fingerprint density at radius 2 is 1.71 bits per heavy atom. The minimum atomic E-state index is -0.896. The van der Waals surface area contributed by atoms with E-state index < -0.39 is 24.0 Å². The van der Waals surface area contributed by atoms with E-state index in [-0.39, 0.29) is 25.0 Å². The van der Waals surface area contributed by atoms with Crippen LogP contribution in [0.1, 0.15) is 50.2 Å². The highest BCUT2D eigenvalue weighted by Gasteiger charge is 2.33. The number of hydrogen-bond acceptors (Lipinski definition) is 4. The van der Waals surface area contributed by atoms with Gasteiger partial charge in [-0.05, 0) is 55.4 Å². The van der Waals surface area contributed by atoms with Crippen molar-refractivity contribution in [3.63, 3.8) is 0 Å². The number of hydrogen-bond donors (Lipinski definition) is 2. The summed E-state index contributed by atoms with van der Waals surface area (Å²) in [6.45, 7) is 4.66. The largest absolute Gasteiger partial charge is 0.481 e. The van der Waals surface area contributed by atoms with Crippen molar-refractivity contribution in [2.45, 2.75) is 45.1 Å². The van der Waals surface area contributed by atoms with E-state index >= 15 is 0 Å². The van der Waals surface area contributed by atoms with Crippen LogP contribution in [0, 0.1) is 5.92 Å². The molecule has 2 aliphatic rings. The number of carbonyl (C=O) groups excluding carboxylic acids is 2. The van der Waals surface area contributed by atoms with Gasteiger partial charge in [0.15, 0.2) is 0 Å². The van der Waals surface area contributed by atoms with Gasteiger partial charge in [0.1, 0.15) is 12.6 Å². The Balaban J connectivity index is 1.44. The van der Waals surface area contributed by atoms with Crippen molar-refractivity contribution >= 4 is 18.0 Å². The van der Waals surface area contributed by atoms with Gasteiger partial charge in [0.2, 0.25) is 5.91 Å². The van der Waals surface area contributed by atoms with Crippen molar-refractivity contribution in [2.75, 3.05) is 19.7 Å². The molecule has 1 saturated heterocycles. The molecule has 2 aromatic carbocycles. The highest BCUT2D eigenvalue weighted by atomic mass is 16.5. The average molecular weight is 477 g/mol. The van der Waals surface area contributed by atoms with Crippen LogP contribution in [-0.4, -0.2) is 53.7 Å². The number of aliphatic carboxylic acids is 1. The summed E-state index contributed by atoms with van der Waals surface area (Å²) in [4.78, 5) is 39.0. The maximum Gasteiger partial charge on any atom is 0.407 e. The van der Waals surface area contributed by atoms with Crippen molar-refractivity contribution < 1.29 is 24.2 Å². The van der Waals surface area contributed by atoms with Crippen LogP contribution in [0.25, 0.3) is 11.1 Å². The Labute approximate surface area is 205 Å². The molecular weight excluding hydrogens is 444 g/mol. The Morgan fingerprint density at radius 1 is 1.09 bits per heavy atom. The van der Waals surface area contributed by atoms with Crippen molar-refractivity contribution in [2.24, 2.45) is 5.92 Å². The van der Waals surface area contributed by atoms with Crippen LogP contribution < -0.4 is 5.32 Å². The van der Waals surface area contributed by atoms with Gasteiger partial charge in [0, 0.05) is 19.0 Å². The summed E-state index contributed by atoms with van der Waals surface area (Å²) < 4.78 is 5.64. The van der Waals surface area contributed by atoms with Crippen LogP contribution in [0.4, 0.5) is 4.79 Å². The lowest BCUT2D eigenvalue weighted by molar-refractivity contribution is -0.146. The van der Waals surface area contributed by atoms with Gasteiger partial charge in [-0.2, -0.15) is 0 Å². The molecule has 1 aliphatic carbocycles. The van der Waals surface area contributed by atoms with Gasteiger partial charge < -0.3 is 20.1 Å². The molecule has 1 aliphatic heterocycles. The molecule has 2 atom stereocenters. The number of ether oxygens (including phenoxy) is 1. The fourth-order valence-electron chi connectivity index (χ4n) is 4.96. The van der Waals surface area contributed by atoms with Crippen molar-refractivity contribution in [1.82, 2.24) is 10.2 Å². The molecule has 35 heavy (non-hydrogen) atoms. The topological polar surface area (TPSA) is 95.9 Å². The van der Waals surface area contributed by atoms with Crippen LogP contribution >= 0.6 is 0 Å². The minimum absolute atomic E-state index is 0.0708. The molecule has 7 nitrogen and oxygen atoms in total. The molecule has 4 rings (SSSR count). The molecule has 7 heteroatoms. The van der Waals surface area contributed by atoms with Crippen LogP contribution in [0.3, 0.4) is 0 Å². The molecule has 0 radical (unpaired) electrons. The standard InChI is InChI=1S/C28H32N2O5/c1-18(2)13-14-25(26(31)30-15-7-8-19(16-30)27(32)33)29-28(34)35-17-24-22-11-5-3-9-20(22)21-10-4-6-12-23(21)24/h3-6,9-13,19,24-25H,7-8,14-17H2,1-2H3,(H,29,34)(H,32,33)/t19-,25?/m1/s1. The van der Waals surface area contributed by atoms with E-state index in [1.54, 1.807) is 4.90 Å². The van der Waals surface area contributed by atoms with Crippen LogP contribution in [-0.2, 0) is 14.3 Å². The SMILES string of the molecule is CC(C)=CCC(NC(=O)OCC1c2ccccc2-c2ccccc21)C(=O)N1CCC[C@@H](C(=O)O)C1. The fourth-order valence-corrected chi connectivity index (χ4v) is 4.96. The summed E-state index contributed by atoms with van der Waals surface area (Å²) in [6.07, 6.45) is 2.74. The molecule has 1 unspecified atom stereocenters. The Morgan fingerprint density at radius 3 is 2.31 bits per heavy atom. The molecule has 0 saturated carbocycles. The lowest BCUT2D eigenvalue weighted by atomic mass is 9.97. The quantitative estimate of drug-likeness (QED) is 0.571. The highest BCUT2D eigenvalue weighted by Crippen LogP contribution is 2.44. The van der Waals surface area contributed by atoms with Gasteiger partial charge in [-0.15, -0.1) is 0 Å². The zero-order chi connectivity index (χ0) is 24.9. The predicted molar refractivity (Wildman–Crippen MR) is 133 cm³/mol. The summed E-state index contributed by atoms with van der Waals surface area (Å²) in [5.74, 6) is -1.82. The van der Waals surface area contributed by atoms with E-state index in [4.69, 9.17) is 4.74 Å². The molecule has 2 N–H and O–H groups in total. The van der Waals surface area contributed by atoms with E-state index in [1.807, 2.05) is 44.2 Å². The third kappa shape index (κ3) is 5.56. The molecule has 1 fully saturated rings. The number of carboxylic acid groups (broad SMARTS) is 1. The number of benzene rings is 2. The number of amides is 2. The number of nitrogens with zero attached hydrogens (tertiary/aromatic N) is 1. The molecule has 1 heterocycles. The Bertz CT molecular complexity index is 1090. The number of carbonyl (C=O) groups is 3. The van der Waals surface area contributed by atoms with E-state index in [2.05, 4.69) is 29.6 Å². The summed E-state index contributed by atoms with van der Waals surface area (Å²) in [7, 11) is 0. The van der Waals surface area contributed by atoms with Crippen molar-refractivity contribution in [3.05, 3.63) is 71.3 Å². The maximum atomic E-state index is 13.2. The molecule has 0 bridgehead atoms. The van der Waals surface area contributed by atoms with Gasteiger partial charge in [-0.3, -0.25) is 9.59 Å². The summed E-state index contributed by atoms with van der Waals surface area (Å²) in [6, 6.07) is 15.4. The van der Waals surface area contributed by atoms with E-state index in [1.165, 1.54) is 0 Å². The predicted octanol–water partition coefficient (Wildman–Crippen LogP) is 4.57. The zero-order valence-electron chi connectivity index (χ0n) is 20.2. The summed E-state index contributed by atoms with van der Waals surface area (Å²) in [5, 5.41) is 12.1. The van der Waals surface area contributed by atoms with Crippen molar-refractivity contribution in [3.8, 4) is 11.1 Å². The maximum absolute atomic E-state index is 13.2. The first-order valence-corrected chi connectivity index (χ1v) is 12.1. The van der Waals surface area contributed by atoms with Crippen molar-refractivity contribution in [1.29, 1.82) is 0 Å². The first-order chi connectivity index (χ1) is 16.8. The number of fused-ring (bicyclic) bond motifs is 3. The Hall–Kier alpha value is -3.61. The number of rotatable bonds is 7. The number of piperidine rings is 1. The Kier molecular flexibility index (Phi) is 7.54. The van der Waals surface area contributed by atoms with Gasteiger partial charge in [0.25, 0.3) is 0 Å². The molecular formula is C28H32N2O5.